The van der Waals surface area contributed by atoms with E-state index in [9.17, 15) is 0 Å². The Morgan fingerprint density at radius 2 is 2.43 bits per heavy atom. The molecule has 0 aliphatic heterocycles. The summed E-state index contributed by atoms with van der Waals surface area (Å²) in [5.41, 5.74) is 1.48. The first-order chi connectivity index (χ1) is 6.80. The van der Waals surface area contributed by atoms with Gasteiger partial charge >= 0.3 is 0 Å². The molecule has 0 aliphatic rings. The topological polar surface area (TPSA) is 61.1 Å². The first-order valence-electron chi connectivity index (χ1n) is 4.28. The summed E-state index contributed by atoms with van der Waals surface area (Å²) < 4.78 is 0. The first kappa shape index (κ1) is 10.2. The predicted octanol–water partition coefficient (Wildman–Crippen LogP) is 0.743. The fourth-order valence-corrected chi connectivity index (χ4v) is 1.05. The fraction of sp³-hybridized carbons (Fsp3) is 0.300. The summed E-state index contributed by atoms with van der Waals surface area (Å²) in [5, 5.41) is 11.6. The summed E-state index contributed by atoms with van der Waals surface area (Å²) in [6.07, 6.45) is 2.23. The normalized spacial score (nSPS) is 10.8. The third-order valence-electron chi connectivity index (χ3n) is 1.86. The van der Waals surface area contributed by atoms with Crippen LogP contribution in [0.15, 0.2) is 23.3 Å². The molecule has 0 aliphatic carbocycles. The van der Waals surface area contributed by atoms with Crippen LogP contribution in [0, 0.1) is 11.3 Å². The summed E-state index contributed by atoms with van der Waals surface area (Å²) in [5.74, 6) is 0.877. The van der Waals surface area contributed by atoms with Gasteiger partial charge in [0.1, 0.15) is 11.9 Å². The number of pyridine rings is 1. The lowest BCUT2D eigenvalue weighted by Gasteiger charge is -2.03. The Morgan fingerprint density at radius 1 is 1.64 bits per heavy atom. The third kappa shape index (κ3) is 2.56. The number of likely N-dealkylation sites (N-methyl/N-ethyl adjacent to an activating group) is 1. The van der Waals surface area contributed by atoms with Gasteiger partial charge in [0, 0.05) is 32.4 Å². The Balaban J connectivity index is 2.74. The molecule has 0 amide bonds. The van der Waals surface area contributed by atoms with Crippen molar-refractivity contribution in [1.82, 2.24) is 10.3 Å². The SMILES string of the molecule is C/N=C(/Cc1ccc(C#N)cn1)NC. The second kappa shape index (κ2) is 4.97. The van der Waals surface area contributed by atoms with Crippen molar-refractivity contribution < 1.29 is 0 Å². The maximum atomic E-state index is 8.58. The van der Waals surface area contributed by atoms with Crippen LogP contribution in [-0.2, 0) is 6.42 Å². The zero-order valence-corrected chi connectivity index (χ0v) is 8.28. The average molecular weight is 188 g/mol. The van der Waals surface area contributed by atoms with Crippen molar-refractivity contribution in [1.29, 1.82) is 5.26 Å². The van der Waals surface area contributed by atoms with Gasteiger partial charge in [-0.1, -0.05) is 0 Å². The smallest absolute Gasteiger partial charge is 0.102 e. The Labute approximate surface area is 83.3 Å². The standard InChI is InChI=1S/C10H12N4/c1-12-10(13-2)5-9-4-3-8(6-11)7-14-9/h3-4,7H,5H2,1-2H3,(H,12,13). The lowest BCUT2D eigenvalue weighted by molar-refractivity contribution is 1.04. The van der Waals surface area contributed by atoms with Crippen molar-refractivity contribution in [2.45, 2.75) is 6.42 Å². The molecule has 4 heteroatoms. The van der Waals surface area contributed by atoms with E-state index in [0.29, 0.717) is 12.0 Å². The van der Waals surface area contributed by atoms with E-state index in [1.54, 1.807) is 19.3 Å². The highest BCUT2D eigenvalue weighted by Gasteiger charge is 1.99. The highest BCUT2D eigenvalue weighted by molar-refractivity contribution is 5.83. The molecule has 0 aromatic carbocycles. The van der Waals surface area contributed by atoms with Gasteiger partial charge < -0.3 is 5.32 Å². The molecule has 4 nitrogen and oxygen atoms in total. The summed E-state index contributed by atoms with van der Waals surface area (Å²) in [7, 11) is 3.56. The van der Waals surface area contributed by atoms with Crippen LogP contribution in [0.1, 0.15) is 11.3 Å². The van der Waals surface area contributed by atoms with Gasteiger partial charge in [-0.15, -0.1) is 0 Å². The summed E-state index contributed by atoms with van der Waals surface area (Å²) in [4.78, 5) is 8.19. The van der Waals surface area contributed by atoms with Gasteiger partial charge in [-0.25, -0.2) is 0 Å². The molecule has 0 fully saturated rings. The molecule has 1 aromatic heterocycles. The molecule has 14 heavy (non-hydrogen) atoms. The number of hydrogen-bond donors (Lipinski definition) is 1. The molecule has 1 heterocycles. The van der Waals surface area contributed by atoms with Crippen molar-refractivity contribution in [3.8, 4) is 6.07 Å². The largest absolute Gasteiger partial charge is 0.377 e. The van der Waals surface area contributed by atoms with Gasteiger partial charge in [0.2, 0.25) is 0 Å². The van der Waals surface area contributed by atoms with Crippen LogP contribution in [-0.4, -0.2) is 24.9 Å². The molecule has 0 spiro atoms. The molecule has 0 atom stereocenters. The molecule has 1 N–H and O–H groups in total. The van der Waals surface area contributed by atoms with E-state index < -0.39 is 0 Å². The molecule has 0 radical (unpaired) electrons. The molecular weight excluding hydrogens is 176 g/mol. The number of nitriles is 1. The van der Waals surface area contributed by atoms with E-state index in [-0.39, 0.29) is 0 Å². The van der Waals surface area contributed by atoms with Crippen LogP contribution < -0.4 is 5.32 Å². The van der Waals surface area contributed by atoms with Gasteiger partial charge in [-0.3, -0.25) is 9.98 Å². The zero-order valence-electron chi connectivity index (χ0n) is 8.28. The number of nitrogens with one attached hydrogen (secondary N) is 1. The molecule has 1 aromatic rings. The summed E-state index contributed by atoms with van der Waals surface area (Å²) in [6, 6.07) is 5.62. The van der Waals surface area contributed by atoms with E-state index in [2.05, 4.69) is 15.3 Å². The minimum Gasteiger partial charge on any atom is -0.377 e. The van der Waals surface area contributed by atoms with E-state index in [0.717, 1.165) is 11.5 Å². The first-order valence-corrected chi connectivity index (χ1v) is 4.28. The van der Waals surface area contributed by atoms with E-state index in [1.807, 2.05) is 19.2 Å². The van der Waals surface area contributed by atoms with Gasteiger partial charge in [-0.2, -0.15) is 5.26 Å². The quantitative estimate of drug-likeness (QED) is 0.550. The second-order valence-corrected chi connectivity index (χ2v) is 2.75. The number of nitrogens with zero attached hydrogens (tertiary/aromatic N) is 3. The number of amidine groups is 1. The van der Waals surface area contributed by atoms with Crippen molar-refractivity contribution in [2.24, 2.45) is 4.99 Å². The van der Waals surface area contributed by atoms with Crippen molar-refractivity contribution in [3.05, 3.63) is 29.6 Å². The molecule has 1 rings (SSSR count). The van der Waals surface area contributed by atoms with Gasteiger partial charge in [0.05, 0.1) is 5.56 Å². The van der Waals surface area contributed by atoms with Gasteiger partial charge in [-0.05, 0) is 12.1 Å². The highest BCUT2D eigenvalue weighted by Crippen LogP contribution is 1.99. The molecule has 0 saturated heterocycles. The molecule has 0 unspecified atom stereocenters. The maximum absolute atomic E-state index is 8.58. The number of aliphatic imine (C=N–C) groups is 1. The second-order valence-electron chi connectivity index (χ2n) is 2.75. The Kier molecular flexibility index (Phi) is 3.62. The van der Waals surface area contributed by atoms with Crippen molar-refractivity contribution in [3.63, 3.8) is 0 Å². The lowest BCUT2D eigenvalue weighted by Crippen LogP contribution is -2.21. The Hall–Kier alpha value is -1.89. The molecule has 0 bridgehead atoms. The van der Waals surface area contributed by atoms with Crippen molar-refractivity contribution in [2.75, 3.05) is 14.1 Å². The minimum absolute atomic E-state index is 0.577. The van der Waals surface area contributed by atoms with Crippen LogP contribution in [0.4, 0.5) is 0 Å². The highest BCUT2D eigenvalue weighted by atomic mass is 14.9. The van der Waals surface area contributed by atoms with E-state index >= 15 is 0 Å². The number of aromatic nitrogens is 1. The monoisotopic (exact) mass is 188 g/mol. The van der Waals surface area contributed by atoms with E-state index in [4.69, 9.17) is 5.26 Å². The van der Waals surface area contributed by atoms with Crippen molar-refractivity contribution >= 4 is 5.84 Å². The summed E-state index contributed by atoms with van der Waals surface area (Å²) >= 11 is 0. The molecular formula is C10H12N4. The van der Waals surface area contributed by atoms with Crippen LogP contribution in [0.25, 0.3) is 0 Å². The van der Waals surface area contributed by atoms with Gasteiger partial charge in [0.25, 0.3) is 0 Å². The number of rotatable bonds is 2. The number of hydrogen-bond acceptors (Lipinski definition) is 3. The molecule has 72 valence electrons. The zero-order chi connectivity index (χ0) is 10.4. The summed E-state index contributed by atoms with van der Waals surface area (Å²) in [6.45, 7) is 0. The van der Waals surface area contributed by atoms with E-state index in [1.165, 1.54) is 0 Å². The van der Waals surface area contributed by atoms with Crippen LogP contribution in [0.2, 0.25) is 0 Å². The van der Waals surface area contributed by atoms with Gasteiger partial charge in [0.15, 0.2) is 0 Å². The van der Waals surface area contributed by atoms with Crippen LogP contribution >= 0.6 is 0 Å². The maximum Gasteiger partial charge on any atom is 0.102 e. The Bertz CT molecular complexity index is 359. The average Bonchev–Trinajstić information content (AvgIpc) is 2.26. The van der Waals surface area contributed by atoms with Crippen LogP contribution in [0.5, 0.6) is 0 Å². The molecule has 0 saturated carbocycles. The lowest BCUT2D eigenvalue weighted by atomic mass is 10.2. The van der Waals surface area contributed by atoms with Crippen LogP contribution in [0.3, 0.4) is 0 Å². The Morgan fingerprint density at radius 3 is 2.86 bits per heavy atom. The minimum atomic E-state index is 0.577. The predicted molar refractivity (Wildman–Crippen MR) is 55.1 cm³/mol. The fourth-order valence-electron chi connectivity index (χ4n) is 1.05. The third-order valence-corrected chi connectivity index (χ3v) is 1.86.